The van der Waals surface area contributed by atoms with Gasteiger partial charge in [-0.1, -0.05) is 26.8 Å². The summed E-state index contributed by atoms with van der Waals surface area (Å²) in [5.74, 6) is 0.934. The molecule has 0 bridgehead atoms. The lowest BCUT2D eigenvalue weighted by Gasteiger charge is -2.04. The van der Waals surface area contributed by atoms with E-state index < -0.39 is 0 Å². The molecule has 58 valence electrons. The average Bonchev–Trinajstić information content (AvgIpc) is 2.67. The molecule has 1 heteroatoms. The van der Waals surface area contributed by atoms with Crippen LogP contribution >= 0.6 is 0 Å². The molecule has 0 aromatic carbocycles. The first-order chi connectivity index (χ1) is 4.77. The van der Waals surface area contributed by atoms with Crippen LogP contribution in [0.4, 0.5) is 0 Å². The highest BCUT2D eigenvalue weighted by Crippen LogP contribution is 2.33. The van der Waals surface area contributed by atoms with Gasteiger partial charge in [0.2, 0.25) is 0 Å². The van der Waals surface area contributed by atoms with Gasteiger partial charge in [-0.25, -0.2) is 0 Å². The highest BCUT2D eigenvalue weighted by molar-refractivity contribution is 5.01. The molecule has 0 aromatic rings. The predicted octanol–water partition coefficient (Wildman–Crippen LogP) is 2.30. The number of hydrogen-bond donors (Lipinski definition) is 1. The Kier molecular flexibility index (Phi) is 2.36. The molecular weight excluding hydrogens is 122 g/mol. The van der Waals surface area contributed by atoms with Crippen LogP contribution in [0.1, 0.15) is 33.1 Å². The SMILES string of the molecule is C=C(CC)NC1CC1CC. The Labute approximate surface area is 63.5 Å². The largest absolute Gasteiger partial charge is 0.386 e. The Morgan fingerprint density at radius 1 is 1.60 bits per heavy atom. The van der Waals surface area contributed by atoms with E-state index >= 15 is 0 Å². The molecule has 0 heterocycles. The van der Waals surface area contributed by atoms with Gasteiger partial charge in [0.25, 0.3) is 0 Å². The van der Waals surface area contributed by atoms with Crippen LogP contribution in [0.15, 0.2) is 12.3 Å². The summed E-state index contributed by atoms with van der Waals surface area (Å²) in [7, 11) is 0. The fraction of sp³-hybridized carbons (Fsp3) is 0.778. The van der Waals surface area contributed by atoms with Gasteiger partial charge in [0.1, 0.15) is 0 Å². The molecule has 0 aliphatic heterocycles. The van der Waals surface area contributed by atoms with Gasteiger partial charge in [0.05, 0.1) is 0 Å². The molecule has 1 rings (SSSR count). The highest BCUT2D eigenvalue weighted by atomic mass is 15.0. The minimum atomic E-state index is 0.762. The first-order valence-electron chi connectivity index (χ1n) is 4.22. The van der Waals surface area contributed by atoms with Crippen molar-refractivity contribution >= 4 is 0 Å². The second kappa shape index (κ2) is 3.09. The Balaban J connectivity index is 2.11. The molecule has 10 heavy (non-hydrogen) atoms. The van der Waals surface area contributed by atoms with Gasteiger partial charge in [-0.15, -0.1) is 0 Å². The summed E-state index contributed by atoms with van der Waals surface area (Å²) in [6.07, 6.45) is 3.73. The molecule has 2 atom stereocenters. The van der Waals surface area contributed by atoms with Crippen LogP contribution in [0.25, 0.3) is 0 Å². The molecule has 1 fully saturated rings. The van der Waals surface area contributed by atoms with E-state index in [1.807, 2.05) is 0 Å². The van der Waals surface area contributed by atoms with Crippen LogP contribution in [0.5, 0.6) is 0 Å². The third kappa shape index (κ3) is 1.76. The summed E-state index contributed by atoms with van der Waals surface area (Å²) < 4.78 is 0. The van der Waals surface area contributed by atoms with E-state index in [0.717, 1.165) is 18.4 Å². The molecule has 1 nitrogen and oxygen atoms in total. The quantitative estimate of drug-likeness (QED) is 0.630. The summed E-state index contributed by atoms with van der Waals surface area (Å²) in [6.45, 7) is 8.30. The summed E-state index contributed by atoms with van der Waals surface area (Å²) in [4.78, 5) is 0. The predicted molar refractivity (Wildman–Crippen MR) is 44.8 cm³/mol. The van der Waals surface area contributed by atoms with Crippen LogP contribution in [-0.2, 0) is 0 Å². The second-order valence-electron chi connectivity index (χ2n) is 3.11. The van der Waals surface area contributed by atoms with Crippen LogP contribution in [0.3, 0.4) is 0 Å². The minimum absolute atomic E-state index is 0.762. The fourth-order valence-electron chi connectivity index (χ4n) is 1.24. The lowest BCUT2D eigenvalue weighted by Crippen LogP contribution is -2.15. The van der Waals surface area contributed by atoms with Crippen LogP contribution in [-0.4, -0.2) is 6.04 Å². The maximum atomic E-state index is 3.91. The number of hydrogen-bond acceptors (Lipinski definition) is 1. The maximum Gasteiger partial charge on any atom is 0.0290 e. The Morgan fingerprint density at radius 2 is 2.30 bits per heavy atom. The van der Waals surface area contributed by atoms with Gasteiger partial charge in [0, 0.05) is 11.7 Å². The fourth-order valence-corrected chi connectivity index (χ4v) is 1.24. The first-order valence-corrected chi connectivity index (χ1v) is 4.22. The van der Waals surface area contributed by atoms with Crippen molar-refractivity contribution in [1.29, 1.82) is 0 Å². The number of nitrogens with one attached hydrogen (secondary N) is 1. The molecule has 0 amide bonds. The van der Waals surface area contributed by atoms with Crippen molar-refractivity contribution in [2.75, 3.05) is 0 Å². The van der Waals surface area contributed by atoms with E-state index in [1.54, 1.807) is 0 Å². The molecule has 0 aromatic heterocycles. The van der Waals surface area contributed by atoms with Crippen molar-refractivity contribution in [1.82, 2.24) is 5.32 Å². The van der Waals surface area contributed by atoms with E-state index in [4.69, 9.17) is 0 Å². The van der Waals surface area contributed by atoms with Crippen molar-refractivity contribution in [3.63, 3.8) is 0 Å². The smallest absolute Gasteiger partial charge is 0.0290 e. The van der Waals surface area contributed by atoms with Gasteiger partial charge < -0.3 is 5.32 Å². The lowest BCUT2D eigenvalue weighted by molar-refractivity contribution is 0.675. The average molecular weight is 139 g/mol. The highest BCUT2D eigenvalue weighted by Gasteiger charge is 2.34. The van der Waals surface area contributed by atoms with E-state index in [2.05, 4.69) is 25.7 Å². The van der Waals surface area contributed by atoms with Gasteiger partial charge >= 0.3 is 0 Å². The topological polar surface area (TPSA) is 12.0 Å². The normalized spacial score (nSPS) is 29.8. The summed E-state index contributed by atoms with van der Waals surface area (Å²) in [5.41, 5.74) is 1.20. The van der Waals surface area contributed by atoms with Crippen molar-refractivity contribution < 1.29 is 0 Å². The maximum absolute atomic E-state index is 3.91. The Bertz CT molecular complexity index is 129. The minimum Gasteiger partial charge on any atom is -0.386 e. The van der Waals surface area contributed by atoms with Gasteiger partial charge in [-0.3, -0.25) is 0 Å². The molecule has 1 N–H and O–H groups in total. The van der Waals surface area contributed by atoms with Gasteiger partial charge in [-0.2, -0.15) is 0 Å². The van der Waals surface area contributed by atoms with Crippen LogP contribution in [0, 0.1) is 5.92 Å². The van der Waals surface area contributed by atoms with Gasteiger partial charge in [0.15, 0.2) is 0 Å². The summed E-state index contributed by atoms with van der Waals surface area (Å²) >= 11 is 0. The van der Waals surface area contributed by atoms with Crippen LogP contribution < -0.4 is 5.32 Å². The van der Waals surface area contributed by atoms with Crippen molar-refractivity contribution in [3.05, 3.63) is 12.3 Å². The standard InChI is InChI=1S/C9H17N/c1-4-7(3)10-9-6-8(9)5-2/h8-10H,3-6H2,1-2H3. The monoisotopic (exact) mass is 139 g/mol. The van der Waals surface area contributed by atoms with Crippen LogP contribution in [0.2, 0.25) is 0 Å². The zero-order valence-corrected chi connectivity index (χ0v) is 6.98. The third-order valence-corrected chi connectivity index (χ3v) is 2.26. The molecule has 1 saturated carbocycles. The zero-order valence-electron chi connectivity index (χ0n) is 6.98. The molecule has 1 aliphatic rings. The van der Waals surface area contributed by atoms with E-state index in [9.17, 15) is 0 Å². The summed E-state index contributed by atoms with van der Waals surface area (Å²) in [5, 5.41) is 3.41. The third-order valence-electron chi connectivity index (χ3n) is 2.26. The van der Waals surface area contributed by atoms with E-state index in [0.29, 0.717) is 0 Å². The number of rotatable bonds is 4. The number of allylic oxidation sites excluding steroid dienone is 1. The van der Waals surface area contributed by atoms with Crippen molar-refractivity contribution in [2.45, 2.75) is 39.2 Å². The molecule has 0 radical (unpaired) electrons. The van der Waals surface area contributed by atoms with Crippen molar-refractivity contribution in [3.8, 4) is 0 Å². The first kappa shape index (κ1) is 7.64. The Hall–Kier alpha value is -0.460. The van der Waals surface area contributed by atoms with Crippen molar-refractivity contribution in [2.24, 2.45) is 5.92 Å². The molecule has 2 unspecified atom stereocenters. The Morgan fingerprint density at radius 3 is 2.70 bits per heavy atom. The lowest BCUT2D eigenvalue weighted by atomic mass is 10.3. The van der Waals surface area contributed by atoms with Gasteiger partial charge in [-0.05, 0) is 18.8 Å². The molecular formula is C9H17N. The van der Waals surface area contributed by atoms with E-state index in [-0.39, 0.29) is 0 Å². The van der Waals surface area contributed by atoms with E-state index in [1.165, 1.54) is 18.5 Å². The second-order valence-corrected chi connectivity index (χ2v) is 3.11. The zero-order chi connectivity index (χ0) is 7.56. The molecule has 0 spiro atoms. The molecule has 1 aliphatic carbocycles. The summed E-state index contributed by atoms with van der Waals surface area (Å²) in [6, 6.07) is 0.762. The molecule has 0 saturated heterocycles.